The van der Waals surface area contributed by atoms with Gasteiger partial charge < -0.3 is 15.6 Å². The first-order chi connectivity index (χ1) is 18.2. The van der Waals surface area contributed by atoms with Gasteiger partial charge in [-0.15, -0.1) is 0 Å². The van der Waals surface area contributed by atoms with Gasteiger partial charge in [0, 0.05) is 0 Å². The number of hydrogen-bond acceptors (Lipinski definition) is 3. The minimum Gasteiger partial charge on any atom is -0.389 e. The van der Waals surface area contributed by atoms with Gasteiger partial charge in [-0.3, -0.25) is 0 Å². The Morgan fingerprint density at radius 1 is 0.514 bits per heavy atom. The Hall–Kier alpha value is -4.02. The van der Waals surface area contributed by atoms with E-state index < -0.39 is 12.1 Å². The summed E-state index contributed by atoms with van der Waals surface area (Å²) in [5, 5.41) is 11.2. The Bertz CT molecular complexity index is 1290. The number of aliphatic hydroxyl groups is 1. The van der Waals surface area contributed by atoms with Crippen LogP contribution < -0.4 is 5.73 Å². The molecule has 0 saturated heterocycles. The van der Waals surface area contributed by atoms with Crippen molar-refractivity contribution in [1.82, 2.24) is 0 Å². The van der Waals surface area contributed by atoms with E-state index in [0.29, 0.717) is 0 Å². The molecule has 37 heavy (non-hydrogen) atoms. The second-order valence-corrected chi connectivity index (χ2v) is 9.20. The maximum atomic E-state index is 11.2. The highest BCUT2D eigenvalue weighted by atomic mass is 16.5. The molecule has 0 unspecified atom stereocenters. The molecule has 3 N–H and O–H groups in total. The van der Waals surface area contributed by atoms with Gasteiger partial charge in [0.25, 0.3) is 0 Å². The fourth-order valence-electron chi connectivity index (χ4n) is 4.60. The summed E-state index contributed by atoms with van der Waals surface area (Å²) in [4.78, 5) is 0. The maximum Gasteiger partial charge on any atom is 0.108 e. The monoisotopic (exact) mass is 485 g/mol. The van der Waals surface area contributed by atoms with Crippen LogP contribution in [0.15, 0.2) is 140 Å². The van der Waals surface area contributed by atoms with Gasteiger partial charge >= 0.3 is 0 Å². The van der Waals surface area contributed by atoms with Crippen molar-refractivity contribution in [2.45, 2.75) is 18.2 Å². The van der Waals surface area contributed by atoms with E-state index in [2.05, 4.69) is 42.5 Å². The molecule has 5 aromatic rings. The van der Waals surface area contributed by atoms with Crippen molar-refractivity contribution < 1.29 is 9.84 Å². The van der Waals surface area contributed by atoms with Gasteiger partial charge in [0.15, 0.2) is 0 Å². The highest BCUT2D eigenvalue weighted by molar-refractivity contribution is 5.74. The fourth-order valence-corrected chi connectivity index (χ4v) is 4.60. The van der Waals surface area contributed by atoms with Gasteiger partial charge in [-0.25, -0.2) is 0 Å². The second-order valence-electron chi connectivity index (χ2n) is 9.20. The maximum absolute atomic E-state index is 11.2. The van der Waals surface area contributed by atoms with Crippen molar-refractivity contribution in [3.8, 4) is 22.3 Å². The average Bonchev–Trinajstić information content (AvgIpc) is 2.98. The van der Waals surface area contributed by atoms with E-state index in [9.17, 15) is 5.11 Å². The molecule has 0 bridgehead atoms. The molecule has 0 aliphatic carbocycles. The zero-order valence-electron chi connectivity index (χ0n) is 20.7. The quantitative estimate of drug-likeness (QED) is 0.232. The van der Waals surface area contributed by atoms with Crippen molar-refractivity contribution in [1.29, 1.82) is 0 Å². The Balaban J connectivity index is 1.42. The molecule has 0 aliphatic heterocycles. The molecule has 0 amide bonds. The summed E-state index contributed by atoms with van der Waals surface area (Å²) in [7, 11) is 0. The molecule has 0 radical (unpaired) electrons. The van der Waals surface area contributed by atoms with Crippen LogP contribution >= 0.6 is 0 Å². The zero-order valence-corrected chi connectivity index (χ0v) is 20.7. The van der Waals surface area contributed by atoms with Crippen LogP contribution in [0.3, 0.4) is 0 Å². The summed E-state index contributed by atoms with van der Waals surface area (Å²) in [5.41, 5.74) is 13.9. The first kappa shape index (κ1) is 24.7. The van der Waals surface area contributed by atoms with Gasteiger partial charge in [-0.1, -0.05) is 121 Å². The van der Waals surface area contributed by atoms with E-state index >= 15 is 0 Å². The molecule has 5 aromatic carbocycles. The van der Waals surface area contributed by atoms with Crippen LogP contribution in [0, 0.1) is 0 Å². The van der Waals surface area contributed by atoms with Gasteiger partial charge in [0.1, 0.15) is 6.10 Å². The Labute approximate surface area is 218 Å². The van der Waals surface area contributed by atoms with Crippen LogP contribution in [0.2, 0.25) is 0 Å². The van der Waals surface area contributed by atoms with Gasteiger partial charge in [-0.05, 0) is 57.1 Å². The van der Waals surface area contributed by atoms with Crippen molar-refractivity contribution >= 4 is 0 Å². The second kappa shape index (κ2) is 11.8. The number of rotatable bonds is 9. The van der Waals surface area contributed by atoms with Crippen LogP contribution in [-0.4, -0.2) is 17.8 Å². The predicted molar refractivity (Wildman–Crippen MR) is 151 cm³/mol. The van der Waals surface area contributed by atoms with Crippen molar-refractivity contribution in [2.24, 2.45) is 5.73 Å². The average molecular weight is 486 g/mol. The number of nitrogens with two attached hydrogens (primary N) is 1. The summed E-state index contributed by atoms with van der Waals surface area (Å²) < 4.78 is 6.32. The molecule has 0 fully saturated rings. The molecule has 3 nitrogen and oxygen atoms in total. The van der Waals surface area contributed by atoms with Gasteiger partial charge in [0.05, 0.1) is 18.8 Å². The topological polar surface area (TPSA) is 55.5 Å². The molecular formula is C34H31NO2. The molecule has 184 valence electrons. The normalized spacial score (nSPS) is 12.8. The van der Waals surface area contributed by atoms with E-state index in [4.69, 9.17) is 10.5 Å². The van der Waals surface area contributed by atoms with E-state index in [-0.39, 0.29) is 12.7 Å². The SMILES string of the molecule is N[C@H](c1cc(-c2ccccc2)cc(-c2ccccc2)c1)[C@@H](O)COC(c1ccccc1)c1ccccc1. The van der Waals surface area contributed by atoms with E-state index in [0.717, 1.165) is 38.9 Å². The smallest absolute Gasteiger partial charge is 0.108 e. The molecule has 2 atom stereocenters. The molecule has 5 rings (SSSR count). The van der Waals surface area contributed by atoms with Gasteiger partial charge in [0.2, 0.25) is 0 Å². The largest absolute Gasteiger partial charge is 0.389 e. The summed E-state index contributed by atoms with van der Waals surface area (Å²) in [6.45, 7) is 0.103. The Kier molecular flexibility index (Phi) is 7.87. The van der Waals surface area contributed by atoms with E-state index in [1.165, 1.54) is 0 Å². The first-order valence-electron chi connectivity index (χ1n) is 12.6. The number of ether oxygens (including phenoxy) is 1. The van der Waals surface area contributed by atoms with Crippen LogP contribution in [0.1, 0.15) is 28.8 Å². The first-order valence-corrected chi connectivity index (χ1v) is 12.6. The Morgan fingerprint density at radius 2 is 0.919 bits per heavy atom. The van der Waals surface area contributed by atoms with Crippen LogP contribution in [-0.2, 0) is 4.74 Å². The van der Waals surface area contributed by atoms with Gasteiger partial charge in [-0.2, -0.15) is 0 Å². The summed E-state index contributed by atoms with van der Waals surface area (Å²) in [5.74, 6) is 0. The van der Waals surface area contributed by atoms with Crippen LogP contribution in [0.25, 0.3) is 22.3 Å². The van der Waals surface area contributed by atoms with Crippen molar-refractivity contribution in [3.63, 3.8) is 0 Å². The molecule has 0 aliphatic rings. The number of hydrogen-bond donors (Lipinski definition) is 2. The Morgan fingerprint density at radius 3 is 1.35 bits per heavy atom. The summed E-state index contributed by atoms with van der Waals surface area (Å²) in [6, 6.07) is 46.3. The zero-order chi connectivity index (χ0) is 25.5. The van der Waals surface area contributed by atoms with Crippen molar-refractivity contribution in [2.75, 3.05) is 6.61 Å². The molecule has 3 heteroatoms. The lowest BCUT2D eigenvalue weighted by Gasteiger charge is -2.25. The molecule has 0 aromatic heterocycles. The summed E-state index contributed by atoms with van der Waals surface area (Å²) in [6.07, 6.45) is -1.18. The lowest BCUT2D eigenvalue weighted by molar-refractivity contribution is -0.00458. The van der Waals surface area contributed by atoms with Crippen molar-refractivity contribution in [3.05, 3.63) is 156 Å². The van der Waals surface area contributed by atoms with E-state index in [1.54, 1.807) is 0 Å². The third-order valence-electron chi connectivity index (χ3n) is 6.61. The van der Waals surface area contributed by atoms with E-state index in [1.807, 2.05) is 97.1 Å². The van der Waals surface area contributed by atoms with Crippen LogP contribution in [0.5, 0.6) is 0 Å². The number of benzene rings is 5. The third kappa shape index (κ3) is 6.04. The fraction of sp³-hybridized carbons (Fsp3) is 0.118. The predicted octanol–water partition coefficient (Wildman–Crippen LogP) is 7.19. The van der Waals surface area contributed by atoms with Crippen LogP contribution in [0.4, 0.5) is 0 Å². The standard InChI is InChI=1S/C34H31NO2/c35-33(32(36)24-37-34(27-17-9-3-10-18-27)28-19-11-4-12-20-28)31-22-29(25-13-5-1-6-14-25)21-30(23-31)26-15-7-2-8-16-26/h1-23,32-34,36H,24,35H2/t32-,33+/m0/s1. The third-order valence-corrected chi connectivity index (χ3v) is 6.61. The molecule has 0 heterocycles. The highest BCUT2D eigenvalue weighted by Gasteiger charge is 2.22. The lowest BCUT2D eigenvalue weighted by atomic mass is 9.92. The minimum absolute atomic E-state index is 0.103. The molecule has 0 saturated carbocycles. The number of aliphatic hydroxyl groups excluding tert-OH is 1. The minimum atomic E-state index is -0.885. The summed E-state index contributed by atoms with van der Waals surface area (Å²) >= 11 is 0. The lowest BCUT2D eigenvalue weighted by Crippen LogP contribution is -2.31. The molecular weight excluding hydrogens is 454 g/mol. The highest BCUT2D eigenvalue weighted by Crippen LogP contribution is 2.32. The molecule has 0 spiro atoms.